The lowest BCUT2D eigenvalue weighted by Crippen LogP contribution is -2.32. The maximum Gasteiger partial charge on any atom is 0.115 e. The Bertz CT molecular complexity index is 573. The first-order valence-corrected chi connectivity index (χ1v) is 7.82. The number of furan rings is 1. The van der Waals surface area contributed by atoms with E-state index in [1.54, 1.807) is 12.1 Å². The molecule has 1 aromatic carbocycles. The molecule has 0 saturated heterocycles. The summed E-state index contributed by atoms with van der Waals surface area (Å²) in [6.07, 6.45) is 7.39. The number of nitrogens with one attached hydrogen (secondary N) is 1. The normalized spacial score (nSPS) is 19.2. The van der Waals surface area contributed by atoms with Crippen LogP contribution < -0.4 is 5.32 Å². The second-order valence-electron chi connectivity index (χ2n) is 6.02. The molecule has 0 aliphatic heterocycles. The maximum atomic E-state index is 9.30. The van der Waals surface area contributed by atoms with Crippen LogP contribution in [0.15, 0.2) is 41.0 Å². The quantitative estimate of drug-likeness (QED) is 0.873. The molecule has 1 aromatic heterocycles. The van der Waals surface area contributed by atoms with Crippen molar-refractivity contribution >= 4 is 0 Å². The first-order valence-electron chi connectivity index (χ1n) is 7.82. The van der Waals surface area contributed by atoms with Crippen LogP contribution in [0.5, 0.6) is 5.75 Å². The van der Waals surface area contributed by atoms with Crippen LogP contribution in [0.25, 0.3) is 0 Å². The molecule has 3 heteroatoms. The van der Waals surface area contributed by atoms with E-state index in [1.807, 2.05) is 18.4 Å². The van der Waals surface area contributed by atoms with Crippen molar-refractivity contribution in [3.05, 3.63) is 53.5 Å². The van der Waals surface area contributed by atoms with E-state index >= 15 is 0 Å². The zero-order valence-electron chi connectivity index (χ0n) is 12.5. The van der Waals surface area contributed by atoms with Crippen LogP contribution in [-0.2, 0) is 12.8 Å². The van der Waals surface area contributed by atoms with Crippen molar-refractivity contribution in [2.45, 2.75) is 51.1 Å². The summed E-state index contributed by atoms with van der Waals surface area (Å²) in [5.41, 5.74) is 2.62. The highest BCUT2D eigenvalue weighted by Gasteiger charge is 2.23. The fraction of sp³-hybridized carbons (Fsp3) is 0.444. The molecular formula is C18H23NO2. The molecule has 3 nitrogen and oxygen atoms in total. The molecule has 0 saturated carbocycles. The summed E-state index contributed by atoms with van der Waals surface area (Å²) in [4.78, 5) is 0. The molecule has 0 spiro atoms. The summed E-state index contributed by atoms with van der Waals surface area (Å²) in [6.45, 7) is 2.24. The van der Waals surface area contributed by atoms with Crippen LogP contribution in [0.3, 0.4) is 0 Å². The Morgan fingerprint density at radius 3 is 2.90 bits per heavy atom. The summed E-state index contributed by atoms with van der Waals surface area (Å²) in [7, 11) is 0. The average molecular weight is 285 g/mol. The Kier molecular flexibility index (Phi) is 4.30. The van der Waals surface area contributed by atoms with E-state index < -0.39 is 0 Å². The van der Waals surface area contributed by atoms with Gasteiger partial charge in [-0.2, -0.15) is 0 Å². The Hall–Kier alpha value is -1.74. The van der Waals surface area contributed by atoms with Gasteiger partial charge in [0.15, 0.2) is 0 Å². The van der Waals surface area contributed by atoms with E-state index in [4.69, 9.17) is 4.42 Å². The highest BCUT2D eigenvalue weighted by atomic mass is 16.3. The Labute approximate surface area is 126 Å². The molecule has 1 heterocycles. The number of fused-ring (bicyclic) bond motifs is 1. The standard InChI is InChI=1S/C18H23NO2/c1-13(5-6-14-7-9-15(20)10-8-14)19-17-3-2-4-18-16(17)11-12-21-18/h7-13,17,19-20H,2-6H2,1H3. The van der Waals surface area contributed by atoms with Crippen molar-refractivity contribution in [3.8, 4) is 5.75 Å². The zero-order valence-corrected chi connectivity index (χ0v) is 12.5. The molecule has 0 fully saturated rings. The third-order valence-corrected chi connectivity index (χ3v) is 4.34. The number of hydrogen-bond donors (Lipinski definition) is 2. The summed E-state index contributed by atoms with van der Waals surface area (Å²) in [5.74, 6) is 1.49. The molecule has 0 bridgehead atoms. The molecule has 2 atom stereocenters. The predicted molar refractivity (Wildman–Crippen MR) is 83.4 cm³/mol. The van der Waals surface area contributed by atoms with Gasteiger partial charge in [-0.25, -0.2) is 0 Å². The SMILES string of the molecule is CC(CCc1ccc(O)cc1)NC1CCCc2occc21. The fourth-order valence-electron chi connectivity index (χ4n) is 3.13. The first kappa shape index (κ1) is 14.2. The van der Waals surface area contributed by atoms with Crippen molar-refractivity contribution in [2.24, 2.45) is 0 Å². The highest BCUT2D eigenvalue weighted by Crippen LogP contribution is 2.31. The van der Waals surface area contributed by atoms with Crippen LogP contribution in [0.1, 0.15) is 49.1 Å². The van der Waals surface area contributed by atoms with Gasteiger partial charge in [0, 0.05) is 24.1 Å². The molecule has 2 N–H and O–H groups in total. The summed E-state index contributed by atoms with van der Waals surface area (Å²) >= 11 is 0. The van der Waals surface area contributed by atoms with Crippen molar-refractivity contribution in [1.82, 2.24) is 5.32 Å². The van der Waals surface area contributed by atoms with E-state index in [0.29, 0.717) is 17.8 Å². The Morgan fingerprint density at radius 2 is 2.10 bits per heavy atom. The van der Waals surface area contributed by atoms with Crippen molar-refractivity contribution in [2.75, 3.05) is 0 Å². The Morgan fingerprint density at radius 1 is 1.29 bits per heavy atom. The number of aromatic hydroxyl groups is 1. The van der Waals surface area contributed by atoms with Crippen LogP contribution in [0, 0.1) is 0 Å². The van der Waals surface area contributed by atoms with Gasteiger partial charge < -0.3 is 14.8 Å². The first-order chi connectivity index (χ1) is 10.2. The molecule has 2 unspecified atom stereocenters. The van der Waals surface area contributed by atoms with Gasteiger partial charge in [-0.3, -0.25) is 0 Å². The number of phenols is 1. The van der Waals surface area contributed by atoms with E-state index in [2.05, 4.69) is 18.3 Å². The van der Waals surface area contributed by atoms with Crippen LogP contribution in [0.2, 0.25) is 0 Å². The lowest BCUT2D eigenvalue weighted by Gasteiger charge is -2.26. The van der Waals surface area contributed by atoms with Gasteiger partial charge in [0.2, 0.25) is 0 Å². The molecule has 21 heavy (non-hydrogen) atoms. The molecular weight excluding hydrogens is 262 g/mol. The smallest absolute Gasteiger partial charge is 0.115 e. The van der Waals surface area contributed by atoms with E-state index in [0.717, 1.165) is 25.0 Å². The molecule has 0 amide bonds. The van der Waals surface area contributed by atoms with E-state index in [-0.39, 0.29) is 0 Å². The average Bonchev–Trinajstić information content (AvgIpc) is 2.96. The minimum absolute atomic E-state index is 0.333. The summed E-state index contributed by atoms with van der Waals surface area (Å²) in [6, 6.07) is 10.5. The highest BCUT2D eigenvalue weighted by molar-refractivity contribution is 5.26. The number of aryl methyl sites for hydroxylation is 2. The lowest BCUT2D eigenvalue weighted by molar-refractivity contribution is 0.373. The van der Waals surface area contributed by atoms with Gasteiger partial charge in [-0.1, -0.05) is 12.1 Å². The van der Waals surface area contributed by atoms with Gasteiger partial charge in [0.25, 0.3) is 0 Å². The monoisotopic (exact) mass is 285 g/mol. The van der Waals surface area contributed by atoms with Gasteiger partial charge in [-0.15, -0.1) is 0 Å². The minimum Gasteiger partial charge on any atom is -0.508 e. The fourth-order valence-corrected chi connectivity index (χ4v) is 3.13. The number of benzene rings is 1. The number of phenolic OH excluding ortho intramolecular Hbond substituents is 1. The lowest BCUT2D eigenvalue weighted by atomic mass is 9.92. The van der Waals surface area contributed by atoms with Crippen molar-refractivity contribution in [1.29, 1.82) is 0 Å². The van der Waals surface area contributed by atoms with Crippen LogP contribution >= 0.6 is 0 Å². The largest absolute Gasteiger partial charge is 0.508 e. The van der Waals surface area contributed by atoms with Gasteiger partial charge >= 0.3 is 0 Å². The van der Waals surface area contributed by atoms with Crippen LogP contribution in [0.4, 0.5) is 0 Å². The molecule has 1 aliphatic rings. The molecule has 0 radical (unpaired) electrons. The maximum absolute atomic E-state index is 9.30. The third-order valence-electron chi connectivity index (χ3n) is 4.34. The molecule has 3 rings (SSSR count). The zero-order chi connectivity index (χ0) is 14.7. The van der Waals surface area contributed by atoms with Gasteiger partial charge in [-0.05, 0) is 56.4 Å². The van der Waals surface area contributed by atoms with Gasteiger partial charge in [0.1, 0.15) is 11.5 Å². The molecule has 112 valence electrons. The van der Waals surface area contributed by atoms with E-state index in [1.165, 1.54) is 24.0 Å². The van der Waals surface area contributed by atoms with Crippen molar-refractivity contribution < 1.29 is 9.52 Å². The Balaban J connectivity index is 1.53. The van der Waals surface area contributed by atoms with Gasteiger partial charge in [0.05, 0.1) is 6.26 Å². The molecule has 2 aromatic rings. The summed E-state index contributed by atoms with van der Waals surface area (Å²) in [5, 5.41) is 13.0. The van der Waals surface area contributed by atoms with E-state index in [9.17, 15) is 5.11 Å². The topological polar surface area (TPSA) is 45.4 Å². The number of rotatable bonds is 5. The van der Waals surface area contributed by atoms with Crippen LogP contribution in [-0.4, -0.2) is 11.1 Å². The minimum atomic E-state index is 0.333. The second kappa shape index (κ2) is 6.35. The number of hydrogen-bond acceptors (Lipinski definition) is 3. The second-order valence-corrected chi connectivity index (χ2v) is 6.02. The molecule has 1 aliphatic carbocycles. The van der Waals surface area contributed by atoms with Crippen molar-refractivity contribution in [3.63, 3.8) is 0 Å². The summed E-state index contributed by atoms with van der Waals surface area (Å²) < 4.78 is 5.54. The third kappa shape index (κ3) is 3.48. The predicted octanol–water partition coefficient (Wildman–Crippen LogP) is 3.97.